The first-order valence-corrected chi connectivity index (χ1v) is 11.6. The zero-order valence-corrected chi connectivity index (χ0v) is 18.6. The molecule has 33 heavy (non-hydrogen) atoms. The Kier molecular flexibility index (Phi) is 7.25. The van der Waals surface area contributed by atoms with Crippen LogP contribution in [0.2, 0.25) is 0 Å². The first kappa shape index (κ1) is 24.0. The maximum absolute atomic E-state index is 13.8. The molecular formula is C23H31F3N4O3. The van der Waals surface area contributed by atoms with Crippen molar-refractivity contribution in [3.63, 3.8) is 0 Å². The smallest absolute Gasteiger partial charge is 0.370 e. The number of benzene rings is 1. The molecule has 2 aliphatic carbocycles. The molecule has 1 aliphatic heterocycles. The van der Waals surface area contributed by atoms with Gasteiger partial charge in [-0.3, -0.25) is 14.5 Å². The average Bonchev–Trinajstić information content (AvgIpc) is 3.55. The van der Waals surface area contributed by atoms with Gasteiger partial charge < -0.3 is 20.7 Å². The van der Waals surface area contributed by atoms with Crippen molar-refractivity contribution < 1.29 is 27.5 Å². The molecule has 2 saturated carbocycles. The van der Waals surface area contributed by atoms with E-state index < -0.39 is 29.6 Å². The van der Waals surface area contributed by atoms with Crippen molar-refractivity contribution in [1.29, 1.82) is 0 Å². The number of carbonyl (C=O) groups is 2. The van der Waals surface area contributed by atoms with E-state index in [0.29, 0.717) is 11.8 Å². The minimum Gasteiger partial charge on any atom is -0.370 e. The second-order valence-electron chi connectivity index (χ2n) is 9.26. The van der Waals surface area contributed by atoms with Gasteiger partial charge in [0.05, 0.1) is 17.9 Å². The summed E-state index contributed by atoms with van der Waals surface area (Å²) < 4.78 is 46.5. The fourth-order valence-corrected chi connectivity index (χ4v) is 4.46. The van der Waals surface area contributed by atoms with Gasteiger partial charge in [0.15, 0.2) is 0 Å². The third-order valence-corrected chi connectivity index (χ3v) is 6.72. The van der Waals surface area contributed by atoms with Crippen LogP contribution in [0.5, 0.6) is 0 Å². The maximum Gasteiger partial charge on any atom is 0.418 e. The summed E-state index contributed by atoms with van der Waals surface area (Å²) in [4.78, 5) is 28.4. The molecule has 182 valence electrons. The van der Waals surface area contributed by atoms with E-state index in [2.05, 4.69) is 10.2 Å². The van der Waals surface area contributed by atoms with Crippen LogP contribution in [0.3, 0.4) is 0 Å². The van der Waals surface area contributed by atoms with E-state index in [1.54, 1.807) is 0 Å². The molecule has 10 heteroatoms. The number of amides is 2. The summed E-state index contributed by atoms with van der Waals surface area (Å²) >= 11 is 0. The molecule has 4 rings (SSSR count). The summed E-state index contributed by atoms with van der Waals surface area (Å²) in [6.07, 6.45) is 1.05. The number of rotatable bonds is 9. The highest BCUT2D eigenvalue weighted by atomic mass is 19.4. The second kappa shape index (κ2) is 9.99. The van der Waals surface area contributed by atoms with Crippen molar-refractivity contribution in [2.24, 2.45) is 17.6 Å². The molecule has 7 nitrogen and oxygen atoms in total. The Morgan fingerprint density at radius 1 is 1.21 bits per heavy atom. The van der Waals surface area contributed by atoms with Crippen molar-refractivity contribution in [1.82, 2.24) is 4.90 Å². The van der Waals surface area contributed by atoms with Crippen molar-refractivity contribution in [2.45, 2.75) is 44.3 Å². The predicted octanol–water partition coefficient (Wildman–Crippen LogP) is 2.85. The van der Waals surface area contributed by atoms with E-state index >= 15 is 0 Å². The zero-order valence-electron chi connectivity index (χ0n) is 18.6. The summed E-state index contributed by atoms with van der Waals surface area (Å²) in [5.74, 6) is 0.182. The minimum absolute atomic E-state index is 0.0326. The van der Waals surface area contributed by atoms with E-state index in [1.807, 2.05) is 0 Å². The van der Waals surface area contributed by atoms with E-state index in [4.69, 9.17) is 10.5 Å². The highest BCUT2D eigenvalue weighted by Gasteiger charge is 2.38. The quantitative estimate of drug-likeness (QED) is 0.582. The van der Waals surface area contributed by atoms with Gasteiger partial charge in [-0.25, -0.2) is 0 Å². The van der Waals surface area contributed by atoms with Gasteiger partial charge in [-0.2, -0.15) is 13.2 Å². The van der Waals surface area contributed by atoms with Crippen molar-refractivity contribution in [2.75, 3.05) is 49.6 Å². The lowest BCUT2D eigenvalue weighted by Gasteiger charge is -2.36. The van der Waals surface area contributed by atoms with Crippen LogP contribution in [0.15, 0.2) is 18.2 Å². The molecule has 1 atom stereocenters. The minimum atomic E-state index is -4.69. The Hall–Kier alpha value is -2.17. The summed E-state index contributed by atoms with van der Waals surface area (Å²) in [5.41, 5.74) is 4.79. The van der Waals surface area contributed by atoms with Crippen LogP contribution in [0.25, 0.3) is 0 Å². The lowest BCUT2D eigenvalue weighted by atomic mass is 9.84. The fraction of sp³-hybridized carbons (Fsp3) is 0.652. The SMILES string of the molecule is NC[C@H](C(=O)Nc1ccc(N2CCOCC2=O)c(C(F)(F)F)c1)N(CC1CCC1)CC1CC1. The number of anilines is 2. The molecule has 3 fully saturated rings. The third kappa shape index (κ3) is 5.85. The lowest BCUT2D eigenvalue weighted by molar-refractivity contribution is -0.137. The number of hydrogen-bond acceptors (Lipinski definition) is 5. The van der Waals surface area contributed by atoms with E-state index in [9.17, 15) is 22.8 Å². The first-order chi connectivity index (χ1) is 15.8. The normalized spacial score (nSPS) is 20.6. The number of ether oxygens (including phenoxy) is 1. The molecule has 1 heterocycles. The van der Waals surface area contributed by atoms with E-state index in [1.165, 1.54) is 18.6 Å². The third-order valence-electron chi connectivity index (χ3n) is 6.72. The van der Waals surface area contributed by atoms with Crippen LogP contribution in [-0.4, -0.2) is 62.1 Å². The molecule has 1 aromatic rings. The predicted molar refractivity (Wildman–Crippen MR) is 118 cm³/mol. The van der Waals surface area contributed by atoms with Crippen molar-refractivity contribution >= 4 is 23.2 Å². The highest BCUT2D eigenvalue weighted by molar-refractivity contribution is 5.98. The van der Waals surface area contributed by atoms with Crippen LogP contribution in [0.1, 0.15) is 37.7 Å². The topological polar surface area (TPSA) is 87.9 Å². The summed E-state index contributed by atoms with van der Waals surface area (Å²) in [5, 5.41) is 2.64. The zero-order chi connectivity index (χ0) is 23.6. The number of nitrogens with one attached hydrogen (secondary N) is 1. The average molecular weight is 469 g/mol. The number of halogens is 3. The largest absolute Gasteiger partial charge is 0.418 e. The van der Waals surface area contributed by atoms with Gasteiger partial charge in [-0.1, -0.05) is 6.42 Å². The highest BCUT2D eigenvalue weighted by Crippen LogP contribution is 2.39. The number of nitrogens with zero attached hydrogens (tertiary/aromatic N) is 2. The van der Waals surface area contributed by atoms with Crippen LogP contribution in [0.4, 0.5) is 24.5 Å². The standard InChI is InChI=1S/C23H31F3N4O3/c24-23(25,26)18-10-17(6-7-19(18)30-8-9-33-14-21(30)31)28-22(32)20(11-27)29(13-16-4-5-16)12-15-2-1-3-15/h6-7,10,15-16,20H,1-5,8-9,11-14,27H2,(H,28,32)/t20-/m1/s1. The molecule has 1 aromatic carbocycles. The van der Waals surface area contributed by atoms with Gasteiger partial charge in [0.25, 0.3) is 5.91 Å². The van der Waals surface area contributed by atoms with Crippen LogP contribution in [-0.2, 0) is 20.5 Å². The number of alkyl halides is 3. The Morgan fingerprint density at radius 3 is 2.45 bits per heavy atom. The summed E-state index contributed by atoms with van der Waals surface area (Å²) in [6, 6.07) is 2.92. The summed E-state index contributed by atoms with van der Waals surface area (Å²) in [7, 11) is 0. The number of nitrogens with two attached hydrogens (primary N) is 1. The first-order valence-electron chi connectivity index (χ1n) is 11.6. The fourth-order valence-electron chi connectivity index (χ4n) is 4.46. The molecular weight excluding hydrogens is 437 g/mol. The molecule has 0 spiro atoms. The molecule has 0 unspecified atom stereocenters. The van der Waals surface area contributed by atoms with Gasteiger partial charge in [0, 0.05) is 31.9 Å². The van der Waals surface area contributed by atoms with Crippen LogP contribution in [0, 0.1) is 11.8 Å². The van der Waals surface area contributed by atoms with Crippen molar-refractivity contribution in [3.05, 3.63) is 23.8 Å². The monoisotopic (exact) mass is 468 g/mol. The Morgan fingerprint density at radius 2 is 1.91 bits per heavy atom. The molecule has 0 aromatic heterocycles. The molecule has 0 radical (unpaired) electrons. The van der Waals surface area contributed by atoms with Gasteiger partial charge in [-0.05, 0) is 55.7 Å². The van der Waals surface area contributed by atoms with Gasteiger partial charge >= 0.3 is 6.18 Å². The van der Waals surface area contributed by atoms with Crippen LogP contribution >= 0.6 is 0 Å². The summed E-state index contributed by atoms with van der Waals surface area (Å²) in [6.45, 7) is 1.62. The maximum atomic E-state index is 13.8. The number of morpholine rings is 1. The molecule has 3 aliphatic rings. The van der Waals surface area contributed by atoms with Gasteiger partial charge in [-0.15, -0.1) is 0 Å². The van der Waals surface area contributed by atoms with E-state index in [0.717, 1.165) is 49.7 Å². The second-order valence-corrected chi connectivity index (χ2v) is 9.26. The molecule has 1 saturated heterocycles. The Balaban J connectivity index is 1.52. The van der Waals surface area contributed by atoms with Crippen molar-refractivity contribution in [3.8, 4) is 0 Å². The molecule has 3 N–H and O–H groups in total. The lowest BCUT2D eigenvalue weighted by Crippen LogP contribution is -2.51. The molecule has 0 bridgehead atoms. The van der Waals surface area contributed by atoms with E-state index in [-0.39, 0.29) is 37.7 Å². The Labute approximate surface area is 191 Å². The number of carbonyl (C=O) groups excluding carboxylic acids is 2. The Bertz CT molecular complexity index is 871. The van der Waals surface area contributed by atoms with Crippen LogP contribution < -0.4 is 16.0 Å². The van der Waals surface area contributed by atoms with Gasteiger partial charge in [0.1, 0.15) is 12.6 Å². The van der Waals surface area contributed by atoms with Gasteiger partial charge in [0.2, 0.25) is 5.91 Å². The molecule has 2 amide bonds. The number of hydrogen-bond donors (Lipinski definition) is 2.